The Morgan fingerprint density at radius 3 is 3.00 bits per heavy atom. The van der Waals surface area contributed by atoms with Crippen molar-refractivity contribution >= 4 is 5.69 Å². The monoisotopic (exact) mass is 204 g/mol. The molecule has 1 saturated heterocycles. The standard InChI is InChI=1S/C11H16N4/c1-2-5-15-6-3-10(4-7-15)14-11-8-12-13-9-11/h1,8-10,14H,3-7H2,(H,12,13). The first-order chi connectivity index (χ1) is 7.38. The van der Waals surface area contributed by atoms with Gasteiger partial charge < -0.3 is 5.32 Å². The van der Waals surface area contributed by atoms with Gasteiger partial charge in [-0.3, -0.25) is 10.00 Å². The lowest BCUT2D eigenvalue weighted by Gasteiger charge is -2.31. The van der Waals surface area contributed by atoms with Gasteiger partial charge in [-0.1, -0.05) is 5.92 Å². The van der Waals surface area contributed by atoms with Crippen LogP contribution in [0, 0.1) is 12.3 Å². The fraction of sp³-hybridized carbons (Fsp3) is 0.545. The molecule has 2 N–H and O–H groups in total. The SMILES string of the molecule is C#CCN1CCC(Nc2cn[nH]c2)CC1. The van der Waals surface area contributed by atoms with E-state index < -0.39 is 0 Å². The largest absolute Gasteiger partial charge is 0.380 e. The van der Waals surface area contributed by atoms with E-state index in [4.69, 9.17) is 6.42 Å². The van der Waals surface area contributed by atoms with E-state index in [0.29, 0.717) is 6.04 Å². The van der Waals surface area contributed by atoms with Crippen LogP contribution in [0.3, 0.4) is 0 Å². The molecule has 1 aromatic rings. The quantitative estimate of drug-likeness (QED) is 0.720. The highest BCUT2D eigenvalue weighted by molar-refractivity contribution is 5.38. The summed E-state index contributed by atoms with van der Waals surface area (Å²) in [5.41, 5.74) is 1.07. The molecule has 0 amide bonds. The summed E-state index contributed by atoms with van der Waals surface area (Å²) in [7, 11) is 0. The fourth-order valence-electron chi connectivity index (χ4n) is 1.93. The summed E-state index contributed by atoms with van der Waals surface area (Å²) in [6.07, 6.45) is 11.3. The van der Waals surface area contributed by atoms with Crippen molar-refractivity contribution in [3.63, 3.8) is 0 Å². The van der Waals surface area contributed by atoms with Gasteiger partial charge >= 0.3 is 0 Å². The zero-order chi connectivity index (χ0) is 10.5. The third kappa shape index (κ3) is 2.74. The number of aromatic nitrogens is 2. The molecule has 0 aromatic carbocycles. The summed E-state index contributed by atoms with van der Waals surface area (Å²) < 4.78 is 0. The summed E-state index contributed by atoms with van der Waals surface area (Å²) in [5, 5.41) is 10.2. The Kier molecular flexibility index (Phi) is 3.25. The van der Waals surface area contributed by atoms with Crippen molar-refractivity contribution in [2.45, 2.75) is 18.9 Å². The van der Waals surface area contributed by atoms with E-state index >= 15 is 0 Å². The summed E-state index contributed by atoms with van der Waals surface area (Å²) in [6.45, 7) is 2.94. The Morgan fingerprint density at radius 2 is 2.40 bits per heavy atom. The topological polar surface area (TPSA) is 44.0 Å². The Bertz CT molecular complexity index is 317. The molecule has 80 valence electrons. The molecule has 1 aliphatic heterocycles. The first kappa shape index (κ1) is 10.1. The molecule has 4 heteroatoms. The third-order valence-corrected chi connectivity index (χ3v) is 2.77. The number of likely N-dealkylation sites (tertiary alicyclic amines) is 1. The average molecular weight is 204 g/mol. The summed E-state index contributed by atoms with van der Waals surface area (Å²) in [6, 6.07) is 0.552. The van der Waals surface area contributed by atoms with Crippen LogP contribution in [0.25, 0.3) is 0 Å². The van der Waals surface area contributed by atoms with E-state index in [0.717, 1.165) is 38.2 Å². The second kappa shape index (κ2) is 4.85. The highest BCUT2D eigenvalue weighted by Gasteiger charge is 2.18. The van der Waals surface area contributed by atoms with E-state index in [-0.39, 0.29) is 0 Å². The second-order valence-corrected chi connectivity index (χ2v) is 3.89. The molecule has 0 atom stereocenters. The van der Waals surface area contributed by atoms with Gasteiger partial charge in [-0.25, -0.2) is 0 Å². The molecule has 0 saturated carbocycles. The lowest BCUT2D eigenvalue weighted by atomic mass is 10.1. The molecule has 15 heavy (non-hydrogen) atoms. The van der Waals surface area contributed by atoms with Gasteiger partial charge in [0.2, 0.25) is 0 Å². The smallest absolute Gasteiger partial charge is 0.0725 e. The van der Waals surface area contributed by atoms with E-state index in [1.165, 1.54) is 0 Å². The van der Waals surface area contributed by atoms with Gasteiger partial charge in [0.05, 0.1) is 18.4 Å². The first-order valence-corrected chi connectivity index (χ1v) is 5.29. The van der Waals surface area contributed by atoms with Crippen LogP contribution < -0.4 is 5.32 Å². The number of aromatic amines is 1. The zero-order valence-corrected chi connectivity index (χ0v) is 8.74. The van der Waals surface area contributed by atoms with E-state index in [9.17, 15) is 0 Å². The van der Waals surface area contributed by atoms with Gasteiger partial charge in [0.25, 0.3) is 0 Å². The molecule has 0 unspecified atom stereocenters. The summed E-state index contributed by atoms with van der Waals surface area (Å²) in [4.78, 5) is 2.31. The van der Waals surface area contributed by atoms with Crippen LogP contribution in [0.1, 0.15) is 12.8 Å². The molecular weight excluding hydrogens is 188 g/mol. The molecule has 1 aliphatic rings. The lowest BCUT2D eigenvalue weighted by Crippen LogP contribution is -2.39. The van der Waals surface area contributed by atoms with Crippen LogP contribution in [-0.4, -0.2) is 40.8 Å². The molecule has 0 radical (unpaired) electrons. The normalized spacial score (nSPS) is 18.6. The molecule has 0 bridgehead atoms. The van der Waals surface area contributed by atoms with Crippen LogP contribution in [0.15, 0.2) is 12.4 Å². The van der Waals surface area contributed by atoms with E-state index in [1.807, 2.05) is 12.4 Å². The molecule has 4 nitrogen and oxygen atoms in total. The van der Waals surface area contributed by atoms with Crippen molar-refractivity contribution in [3.05, 3.63) is 12.4 Å². The van der Waals surface area contributed by atoms with Gasteiger partial charge in [-0.2, -0.15) is 5.10 Å². The highest BCUT2D eigenvalue weighted by Crippen LogP contribution is 2.14. The number of hydrogen-bond acceptors (Lipinski definition) is 3. The van der Waals surface area contributed by atoms with Crippen LogP contribution in [0.4, 0.5) is 5.69 Å². The number of anilines is 1. The van der Waals surface area contributed by atoms with Gasteiger partial charge in [0.1, 0.15) is 0 Å². The predicted octanol–water partition coefficient (Wildman–Crippen LogP) is 0.919. The molecular formula is C11H16N4. The van der Waals surface area contributed by atoms with Gasteiger partial charge in [0.15, 0.2) is 0 Å². The maximum atomic E-state index is 5.28. The third-order valence-electron chi connectivity index (χ3n) is 2.77. The molecule has 0 spiro atoms. The van der Waals surface area contributed by atoms with Gasteiger partial charge in [0, 0.05) is 25.3 Å². The Hall–Kier alpha value is -1.47. The maximum absolute atomic E-state index is 5.28. The fourth-order valence-corrected chi connectivity index (χ4v) is 1.93. The van der Waals surface area contributed by atoms with Crippen LogP contribution in [0.5, 0.6) is 0 Å². The van der Waals surface area contributed by atoms with Crippen LogP contribution in [0.2, 0.25) is 0 Å². The number of hydrogen-bond donors (Lipinski definition) is 2. The van der Waals surface area contributed by atoms with Gasteiger partial charge in [-0.05, 0) is 12.8 Å². The van der Waals surface area contributed by atoms with Crippen molar-refractivity contribution in [1.29, 1.82) is 0 Å². The zero-order valence-electron chi connectivity index (χ0n) is 8.74. The Labute approximate surface area is 90.1 Å². The summed E-state index contributed by atoms with van der Waals surface area (Å²) in [5.74, 6) is 2.69. The second-order valence-electron chi connectivity index (χ2n) is 3.89. The molecule has 1 fully saturated rings. The maximum Gasteiger partial charge on any atom is 0.0725 e. The van der Waals surface area contributed by atoms with Crippen molar-refractivity contribution in [1.82, 2.24) is 15.1 Å². The minimum atomic E-state index is 0.552. The van der Waals surface area contributed by atoms with Crippen LogP contribution in [-0.2, 0) is 0 Å². The van der Waals surface area contributed by atoms with Crippen molar-refractivity contribution in [3.8, 4) is 12.3 Å². The molecule has 2 heterocycles. The Balaban J connectivity index is 1.77. The molecule has 2 rings (SSSR count). The van der Waals surface area contributed by atoms with Gasteiger partial charge in [-0.15, -0.1) is 6.42 Å². The van der Waals surface area contributed by atoms with Crippen molar-refractivity contribution < 1.29 is 0 Å². The van der Waals surface area contributed by atoms with Crippen molar-refractivity contribution in [2.24, 2.45) is 0 Å². The average Bonchev–Trinajstić information content (AvgIpc) is 2.74. The number of nitrogens with one attached hydrogen (secondary N) is 2. The number of piperidine rings is 1. The Morgan fingerprint density at radius 1 is 1.60 bits per heavy atom. The summed E-state index contributed by atoms with van der Waals surface area (Å²) >= 11 is 0. The minimum Gasteiger partial charge on any atom is -0.380 e. The number of terminal acetylenes is 1. The number of rotatable bonds is 3. The lowest BCUT2D eigenvalue weighted by molar-refractivity contribution is 0.243. The minimum absolute atomic E-state index is 0.552. The number of H-pyrrole nitrogens is 1. The van der Waals surface area contributed by atoms with E-state index in [2.05, 4.69) is 26.3 Å². The highest BCUT2D eigenvalue weighted by atomic mass is 15.2. The number of nitrogens with zero attached hydrogens (tertiary/aromatic N) is 2. The first-order valence-electron chi connectivity index (χ1n) is 5.29. The molecule has 0 aliphatic carbocycles. The van der Waals surface area contributed by atoms with Crippen molar-refractivity contribution in [2.75, 3.05) is 25.0 Å². The van der Waals surface area contributed by atoms with E-state index in [1.54, 1.807) is 0 Å². The molecule has 1 aromatic heterocycles. The van der Waals surface area contributed by atoms with Crippen LogP contribution >= 0.6 is 0 Å². The predicted molar refractivity (Wildman–Crippen MR) is 60.5 cm³/mol.